The zero-order valence-corrected chi connectivity index (χ0v) is 17.4. The van der Waals surface area contributed by atoms with Crippen molar-refractivity contribution in [2.45, 2.75) is 65.2 Å². The number of aryl methyl sites for hydroxylation is 1. The average Bonchev–Trinajstić information content (AvgIpc) is 3.16. The maximum Gasteiger partial charge on any atom is 0.226 e. The van der Waals surface area contributed by atoms with Crippen LogP contribution in [0.15, 0.2) is 28.8 Å². The van der Waals surface area contributed by atoms with Crippen LogP contribution in [0.1, 0.15) is 64.7 Å². The molecule has 0 saturated carbocycles. The molecule has 0 spiro atoms. The van der Waals surface area contributed by atoms with E-state index in [1.165, 1.54) is 25.7 Å². The Morgan fingerprint density at radius 2 is 1.86 bits per heavy atom. The van der Waals surface area contributed by atoms with Crippen molar-refractivity contribution in [1.82, 2.24) is 15.5 Å². The van der Waals surface area contributed by atoms with Crippen LogP contribution in [0.4, 0.5) is 0 Å². The SMILES string of the molecule is COc1ccc(-c2noc(CCCC(=O)NCCCCCCC(C)C)n2)cc1. The van der Waals surface area contributed by atoms with Gasteiger partial charge in [-0.1, -0.05) is 44.7 Å². The predicted molar refractivity (Wildman–Crippen MR) is 110 cm³/mol. The molecule has 1 aromatic carbocycles. The van der Waals surface area contributed by atoms with Gasteiger partial charge in [0.2, 0.25) is 17.6 Å². The zero-order valence-electron chi connectivity index (χ0n) is 17.4. The molecule has 154 valence electrons. The Balaban J connectivity index is 1.59. The van der Waals surface area contributed by atoms with Gasteiger partial charge in [-0.25, -0.2) is 0 Å². The van der Waals surface area contributed by atoms with E-state index >= 15 is 0 Å². The Hall–Kier alpha value is -2.37. The second kappa shape index (κ2) is 12.2. The second-order valence-electron chi connectivity index (χ2n) is 7.54. The number of methoxy groups -OCH3 is 1. The van der Waals surface area contributed by atoms with Crippen molar-refractivity contribution in [2.75, 3.05) is 13.7 Å². The summed E-state index contributed by atoms with van der Waals surface area (Å²) in [5.74, 6) is 2.78. The fourth-order valence-corrected chi connectivity index (χ4v) is 2.96. The minimum Gasteiger partial charge on any atom is -0.497 e. The van der Waals surface area contributed by atoms with Crippen LogP contribution in [0.3, 0.4) is 0 Å². The molecule has 0 saturated heterocycles. The molecule has 1 amide bonds. The maximum atomic E-state index is 11.9. The highest BCUT2D eigenvalue weighted by molar-refractivity contribution is 5.75. The largest absolute Gasteiger partial charge is 0.497 e. The highest BCUT2D eigenvalue weighted by atomic mass is 16.5. The third-order valence-electron chi connectivity index (χ3n) is 4.64. The minimum atomic E-state index is 0.0945. The van der Waals surface area contributed by atoms with Crippen molar-refractivity contribution in [3.05, 3.63) is 30.2 Å². The number of unbranched alkanes of at least 4 members (excludes halogenated alkanes) is 3. The summed E-state index contributed by atoms with van der Waals surface area (Å²) in [4.78, 5) is 16.3. The number of nitrogens with zero attached hydrogens (tertiary/aromatic N) is 2. The lowest BCUT2D eigenvalue weighted by atomic mass is 10.0. The average molecular weight is 388 g/mol. The standard InChI is InChI=1S/C22H33N3O3/c1-17(2)9-6-4-5-7-16-23-20(26)10-8-11-21-24-22(25-28-21)18-12-14-19(27-3)15-13-18/h12-15,17H,4-11,16H2,1-3H3,(H,23,26). The molecule has 0 bridgehead atoms. The lowest BCUT2D eigenvalue weighted by Crippen LogP contribution is -2.24. The summed E-state index contributed by atoms with van der Waals surface area (Å²) in [7, 11) is 1.63. The smallest absolute Gasteiger partial charge is 0.226 e. The Morgan fingerprint density at radius 1 is 1.11 bits per heavy atom. The molecule has 0 aliphatic rings. The normalized spacial score (nSPS) is 11.0. The molecule has 0 aliphatic carbocycles. The quantitative estimate of drug-likeness (QED) is 0.500. The lowest BCUT2D eigenvalue weighted by Gasteiger charge is -2.06. The summed E-state index contributed by atoms with van der Waals surface area (Å²) in [5.41, 5.74) is 0.877. The summed E-state index contributed by atoms with van der Waals surface area (Å²) in [5, 5.41) is 7.00. The van der Waals surface area contributed by atoms with Gasteiger partial charge in [0.1, 0.15) is 5.75 Å². The first-order valence-electron chi connectivity index (χ1n) is 10.3. The summed E-state index contributed by atoms with van der Waals surface area (Å²) < 4.78 is 10.4. The first-order chi connectivity index (χ1) is 13.6. The topological polar surface area (TPSA) is 77.2 Å². The molecule has 28 heavy (non-hydrogen) atoms. The number of nitrogens with one attached hydrogen (secondary N) is 1. The molecule has 1 aromatic heterocycles. The van der Waals surface area contributed by atoms with Gasteiger partial charge in [-0.3, -0.25) is 4.79 Å². The molecular formula is C22H33N3O3. The number of benzene rings is 1. The first kappa shape index (κ1) is 21.9. The molecule has 6 heteroatoms. The number of amides is 1. The fraction of sp³-hybridized carbons (Fsp3) is 0.591. The van der Waals surface area contributed by atoms with E-state index in [1.807, 2.05) is 24.3 Å². The van der Waals surface area contributed by atoms with Crippen LogP contribution < -0.4 is 10.1 Å². The van der Waals surface area contributed by atoms with Crippen LogP contribution in [0.25, 0.3) is 11.4 Å². The van der Waals surface area contributed by atoms with Crippen molar-refractivity contribution in [1.29, 1.82) is 0 Å². The van der Waals surface area contributed by atoms with Crippen LogP contribution in [-0.2, 0) is 11.2 Å². The highest BCUT2D eigenvalue weighted by Gasteiger charge is 2.10. The second-order valence-corrected chi connectivity index (χ2v) is 7.54. The van der Waals surface area contributed by atoms with Gasteiger partial charge in [-0.05, 0) is 43.0 Å². The summed E-state index contributed by atoms with van der Waals surface area (Å²) in [6.45, 7) is 5.28. The molecule has 0 unspecified atom stereocenters. The summed E-state index contributed by atoms with van der Waals surface area (Å²) in [6, 6.07) is 7.51. The van der Waals surface area contributed by atoms with Crippen molar-refractivity contribution in [3.63, 3.8) is 0 Å². The molecule has 1 N–H and O–H groups in total. The number of carbonyl (C=O) groups is 1. The van der Waals surface area contributed by atoms with Crippen molar-refractivity contribution in [3.8, 4) is 17.1 Å². The number of carbonyl (C=O) groups excluding carboxylic acids is 1. The predicted octanol–water partition coefficient (Wildman–Crippen LogP) is 4.79. The maximum absolute atomic E-state index is 11.9. The fourth-order valence-electron chi connectivity index (χ4n) is 2.96. The summed E-state index contributed by atoms with van der Waals surface area (Å²) in [6.07, 6.45) is 7.85. The number of aromatic nitrogens is 2. The van der Waals surface area contributed by atoms with Crippen LogP contribution in [0.5, 0.6) is 5.75 Å². The van der Waals surface area contributed by atoms with Gasteiger partial charge < -0.3 is 14.6 Å². The van der Waals surface area contributed by atoms with E-state index in [0.29, 0.717) is 31.0 Å². The van der Waals surface area contributed by atoms with Gasteiger partial charge in [0.05, 0.1) is 7.11 Å². The monoisotopic (exact) mass is 387 g/mol. The molecule has 0 aliphatic heterocycles. The molecule has 0 fully saturated rings. The zero-order chi connectivity index (χ0) is 20.2. The van der Waals surface area contributed by atoms with Gasteiger partial charge in [0.15, 0.2) is 0 Å². The van der Waals surface area contributed by atoms with Gasteiger partial charge in [0, 0.05) is 24.9 Å². The molecule has 0 radical (unpaired) electrons. The third-order valence-corrected chi connectivity index (χ3v) is 4.64. The molecule has 2 rings (SSSR count). The Kier molecular flexibility index (Phi) is 9.52. The van der Waals surface area contributed by atoms with Crippen molar-refractivity contribution < 1.29 is 14.1 Å². The van der Waals surface area contributed by atoms with E-state index in [1.54, 1.807) is 7.11 Å². The molecule has 1 heterocycles. The Bertz CT molecular complexity index is 695. The first-order valence-corrected chi connectivity index (χ1v) is 10.3. The number of hydrogen-bond donors (Lipinski definition) is 1. The Labute approximate surface area is 168 Å². The lowest BCUT2D eigenvalue weighted by molar-refractivity contribution is -0.121. The van der Waals surface area contributed by atoms with E-state index in [2.05, 4.69) is 29.3 Å². The van der Waals surface area contributed by atoms with Crippen molar-refractivity contribution >= 4 is 5.91 Å². The molecular weight excluding hydrogens is 354 g/mol. The number of rotatable bonds is 13. The minimum absolute atomic E-state index is 0.0945. The van der Waals surface area contributed by atoms with Gasteiger partial charge in [0.25, 0.3) is 0 Å². The van der Waals surface area contributed by atoms with E-state index in [4.69, 9.17) is 9.26 Å². The van der Waals surface area contributed by atoms with Gasteiger partial charge in [-0.2, -0.15) is 4.98 Å². The van der Waals surface area contributed by atoms with E-state index in [-0.39, 0.29) is 5.91 Å². The van der Waals surface area contributed by atoms with Crippen LogP contribution >= 0.6 is 0 Å². The number of hydrogen-bond acceptors (Lipinski definition) is 5. The van der Waals surface area contributed by atoms with E-state index < -0.39 is 0 Å². The van der Waals surface area contributed by atoms with E-state index in [9.17, 15) is 4.79 Å². The summed E-state index contributed by atoms with van der Waals surface area (Å²) >= 11 is 0. The highest BCUT2D eigenvalue weighted by Crippen LogP contribution is 2.20. The van der Waals surface area contributed by atoms with Gasteiger partial charge >= 0.3 is 0 Å². The van der Waals surface area contributed by atoms with E-state index in [0.717, 1.165) is 30.2 Å². The third kappa shape index (κ3) is 8.11. The van der Waals surface area contributed by atoms with Crippen LogP contribution in [0, 0.1) is 5.92 Å². The number of ether oxygens (including phenoxy) is 1. The molecule has 6 nitrogen and oxygen atoms in total. The molecule has 0 atom stereocenters. The van der Waals surface area contributed by atoms with Crippen molar-refractivity contribution in [2.24, 2.45) is 5.92 Å². The van der Waals surface area contributed by atoms with Gasteiger partial charge in [-0.15, -0.1) is 0 Å². The Morgan fingerprint density at radius 3 is 2.57 bits per heavy atom. The van der Waals surface area contributed by atoms with Crippen LogP contribution in [-0.4, -0.2) is 29.7 Å². The van der Waals surface area contributed by atoms with Crippen LogP contribution in [0.2, 0.25) is 0 Å². The molecule has 2 aromatic rings.